The monoisotopic (exact) mass is 508 g/mol. The standard InChI is InChI=1S/C27H36N6O2S/c1-20-17-29-26(31-22-10-8-21(9-11-22)18-33-14-12-28-13-15-33)32-25(20)30-23-6-5-7-24(16-23)36(34,35)19-27(2,3)4/h5-11,16-17,28H,12-15,18-19H2,1-4H3,(H2,29,30,31,32). The average molecular weight is 509 g/mol. The van der Waals surface area contributed by atoms with Crippen molar-refractivity contribution < 1.29 is 8.42 Å². The van der Waals surface area contributed by atoms with Gasteiger partial charge in [-0.05, 0) is 48.2 Å². The third kappa shape index (κ3) is 7.25. The van der Waals surface area contributed by atoms with Crippen LogP contribution in [-0.4, -0.2) is 55.2 Å². The molecule has 8 nitrogen and oxygen atoms in total. The molecule has 0 aliphatic carbocycles. The van der Waals surface area contributed by atoms with Crippen molar-refractivity contribution in [2.24, 2.45) is 5.41 Å². The zero-order valence-electron chi connectivity index (χ0n) is 21.5. The van der Waals surface area contributed by atoms with Gasteiger partial charge in [-0.25, -0.2) is 13.4 Å². The van der Waals surface area contributed by atoms with E-state index in [-0.39, 0.29) is 11.2 Å². The Balaban J connectivity index is 1.45. The third-order valence-corrected chi connectivity index (χ3v) is 8.09. The van der Waals surface area contributed by atoms with Gasteiger partial charge in [0.15, 0.2) is 9.84 Å². The lowest BCUT2D eigenvalue weighted by Crippen LogP contribution is -2.42. The van der Waals surface area contributed by atoms with E-state index in [1.807, 2.05) is 45.9 Å². The van der Waals surface area contributed by atoms with Crippen LogP contribution in [0.5, 0.6) is 0 Å². The van der Waals surface area contributed by atoms with Crippen LogP contribution in [0.3, 0.4) is 0 Å². The maximum absolute atomic E-state index is 12.8. The quantitative estimate of drug-likeness (QED) is 0.409. The minimum Gasteiger partial charge on any atom is -0.340 e. The van der Waals surface area contributed by atoms with E-state index in [2.05, 4.69) is 43.0 Å². The lowest BCUT2D eigenvalue weighted by Gasteiger charge is -2.27. The molecule has 2 aromatic carbocycles. The first-order chi connectivity index (χ1) is 17.1. The molecule has 3 aromatic rings. The molecule has 0 atom stereocenters. The number of hydrogen-bond donors (Lipinski definition) is 3. The smallest absolute Gasteiger partial charge is 0.229 e. The van der Waals surface area contributed by atoms with Gasteiger partial charge < -0.3 is 16.0 Å². The maximum atomic E-state index is 12.8. The minimum atomic E-state index is -3.40. The molecule has 4 rings (SSSR count). The average Bonchev–Trinajstić information content (AvgIpc) is 2.82. The summed E-state index contributed by atoms with van der Waals surface area (Å²) in [7, 11) is -3.40. The fraction of sp³-hybridized carbons (Fsp3) is 0.407. The molecule has 0 spiro atoms. The van der Waals surface area contributed by atoms with Crippen LogP contribution in [0.15, 0.2) is 59.6 Å². The predicted octanol–water partition coefficient (Wildman–Crippen LogP) is 4.50. The Hall–Kier alpha value is -3.01. The molecule has 3 N–H and O–H groups in total. The Labute approximate surface area is 214 Å². The van der Waals surface area contributed by atoms with Crippen molar-refractivity contribution >= 4 is 33.0 Å². The van der Waals surface area contributed by atoms with E-state index in [0.29, 0.717) is 22.3 Å². The lowest BCUT2D eigenvalue weighted by molar-refractivity contribution is 0.233. The minimum absolute atomic E-state index is 0.0814. The summed E-state index contributed by atoms with van der Waals surface area (Å²) in [6.07, 6.45) is 1.75. The Morgan fingerprint density at radius 1 is 1.00 bits per heavy atom. The fourth-order valence-corrected chi connectivity index (χ4v) is 6.04. The first-order valence-corrected chi connectivity index (χ1v) is 14.0. The number of nitrogens with zero attached hydrogens (tertiary/aromatic N) is 3. The normalized spacial score (nSPS) is 15.0. The zero-order valence-corrected chi connectivity index (χ0v) is 22.3. The number of piperazine rings is 1. The first kappa shape index (κ1) is 26.1. The van der Waals surface area contributed by atoms with Crippen LogP contribution < -0.4 is 16.0 Å². The molecule has 9 heteroatoms. The molecular weight excluding hydrogens is 472 g/mol. The maximum Gasteiger partial charge on any atom is 0.229 e. The van der Waals surface area contributed by atoms with Gasteiger partial charge in [-0.15, -0.1) is 0 Å². The van der Waals surface area contributed by atoms with Gasteiger partial charge in [0.2, 0.25) is 5.95 Å². The number of anilines is 4. The molecule has 1 aliphatic rings. The highest BCUT2D eigenvalue weighted by Gasteiger charge is 2.23. The largest absolute Gasteiger partial charge is 0.340 e. The predicted molar refractivity (Wildman–Crippen MR) is 146 cm³/mol. The summed E-state index contributed by atoms with van der Waals surface area (Å²) in [5.74, 6) is 1.17. The Morgan fingerprint density at radius 3 is 2.42 bits per heavy atom. The summed E-state index contributed by atoms with van der Waals surface area (Å²) in [4.78, 5) is 11.8. The van der Waals surface area contributed by atoms with E-state index in [0.717, 1.165) is 44.0 Å². The number of rotatable bonds is 8. The van der Waals surface area contributed by atoms with E-state index in [1.165, 1.54) is 5.56 Å². The summed E-state index contributed by atoms with van der Waals surface area (Å²) < 4.78 is 25.7. The summed E-state index contributed by atoms with van der Waals surface area (Å²) >= 11 is 0. The SMILES string of the molecule is Cc1cnc(Nc2ccc(CN3CCNCC3)cc2)nc1Nc1cccc(S(=O)(=O)CC(C)(C)C)c1. The summed E-state index contributed by atoms with van der Waals surface area (Å²) in [5, 5.41) is 9.91. The van der Waals surface area contributed by atoms with Crippen molar-refractivity contribution in [1.29, 1.82) is 0 Å². The molecule has 0 radical (unpaired) electrons. The van der Waals surface area contributed by atoms with Crippen molar-refractivity contribution in [2.75, 3.05) is 42.6 Å². The van der Waals surface area contributed by atoms with Crippen molar-refractivity contribution in [3.8, 4) is 0 Å². The summed E-state index contributed by atoms with van der Waals surface area (Å²) in [6.45, 7) is 12.8. The van der Waals surface area contributed by atoms with E-state index in [4.69, 9.17) is 0 Å². The summed E-state index contributed by atoms with van der Waals surface area (Å²) in [6, 6.07) is 15.2. The number of aromatic nitrogens is 2. The van der Waals surface area contributed by atoms with Crippen LogP contribution in [0.1, 0.15) is 31.9 Å². The van der Waals surface area contributed by atoms with E-state index >= 15 is 0 Å². The molecule has 0 unspecified atom stereocenters. The Bertz CT molecular complexity index is 1280. The van der Waals surface area contributed by atoms with Gasteiger partial charge in [-0.3, -0.25) is 4.90 Å². The number of benzene rings is 2. The van der Waals surface area contributed by atoms with Crippen molar-refractivity contribution in [3.05, 3.63) is 65.9 Å². The zero-order chi connectivity index (χ0) is 25.8. The van der Waals surface area contributed by atoms with Crippen LogP contribution in [-0.2, 0) is 16.4 Å². The van der Waals surface area contributed by atoms with Gasteiger partial charge in [-0.2, -0.15) is 4.98 Å². The highest BCUT2D eigenvalue weighted by atomic mass is 32.2. The van der Waals surface area contributed by atoms with Crippen molar-refractivity contribution in [2.45, 2.75) is 39.1 Å². The molecule has 0 bridgehead atoms. The van der Waals surface area contributed by atoms with Gasteiger partial charge in [0.25, 0.3) is 0 Å². The van der Waals surface area contributed by atoms with Gasteiger partial charge in [0, 0.05) is 55.9 Å². The second kappa shape index (κ2) is 10.9. The number of sulfone groups is 1. The van der Waals surface area contributed by atoms with E-state index < -0.39 is 9.84 Å². The van der Waals surface area contributed by atoms with Gasteiger partial charge in [-0.1, -0.05) is 39.0 Å². The molecule has 1 aliphatic heterocycles. The number of aryl methyl sites for hydroxylation is 1. The van der Waals surface area contributed by atoms with Crippen LogP contribution in [0.2, 0.25) is 0 Å². The third-order valence-electron chi connectivity index (χ3n) is 5.88. The molecular formula is C27H36N6O2S. The lowest BCUT2D eigenvalue weighted by atomic mass is 10.0. The molecule has 0 amide bonds. The Kier molecular flexibility index (Phi) is 7.92. The van der Waals surface area contributed by atoms with Crippen LogP contribution in [0.25, 0.3) is 0 Å². The molecule has 1 saturated heterocycles. The molecule has 192 valence electrons. The van der Waals surface area contributed by atoms with E-state index in [9.17, 15) is 8.42 Å². The van der Waals surface area contributed by atoms with Crippen molar-refractivity contribution in [3.63, 3.8) is 0 Å². The topological polar surface area (TPSA) is 99.2 Å². The highest BCUT2D eigenvalue weighted by molar-refractivity contribution is 7.91. The van der Waals surface area contributed by atoms with Crippen LogP contribution in [0.4, 0.5) is 23.1 Å². The number of hydrogen-bond acceptors (Lipinski definition) is 8. The van der Waals surface area contributed by atoms with Crippen LogP contribution >= 0.6 is 0 Å². The highest BCUT2D eigenvalue weighted by Crippen LogP contribution is 2.26. The van der Waals surface area contributed by atoms with Gasteiger partial charge in [0.05, 0.1) is 10.6 Å². The molecule has 2 heterocycles. The Morgan fingerprint density at radius 2 is 1.72 bits per heavy atom. The van der Waals surface area contributed by atoms with Gasteiger partial charge >= 0.3 is 0 Å². The molecule has 1 fully saturated rings. The van der Waals surface area contributed by atoms with E-state index in [1.54, 1.807) is 24.4 Å². The second-order valence-electron chi connectivity index (χ2n) is 10.5. The molecule has 0 saturated carbocycles. The molecule has 36 heavy (non-hydrogen) atoms. The summed E-state index contributed by atoms with van der Waals surface area (Å²) in [5.41, 5.74) is 3.37. The van der Waals surface area contributed by atoms with Crippen LogP contribution in [0, 0.1) is 12.3 Å². The fourth-order valence-electron chi connectivity index (χ4n) is 4.14. The second-order valence-corrected chi connectivity index (χ2v) is 12.5. The molecule has 1 aromatic heterocycles. The number of nitrogens with one attached hydrogen (secondary N) is 3. The van der Waals surface area contributed by atoms with Crippen molar-refractivity contribution in [1.82, 2.24) is 20.2 Å². The van der Waals surface area contributed by atoms with Gasteiger partial charge in [0.1, 0.15) is 5.82 Å². The first-order valence-electron chi connectivity index (χ1n) is 12.3.